The zero-order chi connectivity index (χ0) is 18.2. The molecule has 1 aromatic heterocycles. The Labute approximate surface area is 161 Å². The van der Waals surface area contributed by atoms with Crippen LogP contribution in [-0.4, -0.2) is 28.8 Å². The van der Waals surface area contributed by atoms with Crippen molar-refractivity contribution in [1.82, 2.24) is 15.1 Å². The van der Waals surface area contributed by atoms with E-state index in [2.05, 4.69) is 38.5 Å². The van der Waals surface area contributed by atoms with E-state index in [0.29, 0.717) is 19.6 Å². The molecule has 5 nitrogen and oxygen atoms in total. The van der Waals surface area contributed by atoms with Crippen LogP contribution >= 0.6 is 15.9 Å². The zero-order valence-corrected chi connectivity index (χ0v) is 15.9. The second-order valence-electron chi connectivity index (χ2n) is 5.77. The van der Waals surface area contributed by atoms with Crippen molar-refractivity contribution in [3.05, 3.63) is 77.0 Å². The lowest BCUT2D eigenvalue weighted by Gasteiger charge is -2.08. The Bertz CT molecular complexity index is 833. The van der Waals surface area contributed by atoms with E-state index in [9.17, 15) is 4.79 Å². The molecule has 1 amide bonds. The number of nitrogens with one attached hydrogen (secondary N) is 1. The Balaban J connectivity index is 1.36. The fraction of sp³-hybridized carbons (Fsp3) is 0.200. The van der Waals surface area contributed by atoms with E-state index in [1.165, 1.54) is 5.56 Å². The van der Waals surface area contributed by atoms with Crippen molar-refractivity contribution >= 4 is 21.8 Å². The second-order valence-corrected chi connectivity index (χ2v) is 6.69. The number of halogens is 1. The van der Waals surface area contributed by atoms with Crippen molar-refractivity contribution < 1.29 is 9.53 Å². The first kappa shape index (κ1) is 18.2. The number of amides is 1. The van der Waals surface area contributed by atoms with E-state index in [-0.39, 0.29) is 5.91 Å². The minimum Gasteiger partial charge on any atom is -0.493 e. The maximum Gasteiger partial charge on any atom is 0.223 e. The van der Waals surface area contributed by atoms with Crippen LogP contribution in [0, 0.1) is 0 Å². The van der Waals surface area contributed by atoms with Gasteiger partial charge < -0.3 is 10.1 Å². The number of hydrogen-bond donors (Lipinski definition) is 1. The number of aromatic nitrogens is 2. The fourth-order valence-electron chi connectivity index (χ4n) is 2.49. The molecule has 0 bridgehead atoms. The SMILES string of the molecule is O=C(CCOc1cccc(Br)c1)NCCc1ccc(-n2cccn2)cc1. The average Bonchev–Trinajstić information content (AvgIpc) is 3.17. The van der Waals surface area contributed by atoms with Gasteiger partial charge in [0.15, 0.2) is 0 Å². The van der Waals surface area contributed by atoms with Gasteiger partial charge in [0.25, 0.3) is 0 Å². The van der Waals surface area contributed by atoms with E-state index < -0.39 is 0 Å². The molecule has 3 aromatic rings. The van der Waals surface area contributed by atoms with Crippen molar-refractivity contribution in [2.45, 2.75) is 12.8 Å². The maximum absolute atomic E-state index is 11.9. The summed E-state index contributed by atoms with van der Waals surface area (Å²) in [5.74, 6) is 0.748. The van der Waals surface area contributed by atoms with Gasteiger partial charge in [0.05, 0.1) is 18.7 Å². The Hall–Kier alpha value is -2.60. The molecular weight excluding hydrogens is 394 g/mol. The Morgan fingerprint density at radius 2 is 2.00 bits per heavy atom. The van der Waals surface area contributed by atoms with Gasteiger partial charge in [-0.05, 0) is 48.4 Å². The zero-order valence-electron chi connectivity index (χ0n) is 14.3. The minimum atomic E-state index is -0.00634. The Kier molecular flexibility index (Phi) is 6.44. The van der Waals surface area contributed by atoms with Gasteiger partial charge in [0, 0.05) is 23.4 Å². The first-order valence-electron chi connectivity index (χ1n) is 8.45. The quantitative estimate of drug-likeness (QED) is 0.611. The normalized spacial score (nSPS) is 10.5. The summed E-state index contributed by atoms with van der Waals surface area (Å²) in [5.41, 5.74) is 2.19. The minimum absolute atomic E-state index is 0.00634. The third-order valence-electron chi connectivity index (χ3n) is 3.84. The maximum atomic E-state index is 11.9. The molecule has 0 unspecified atom stereocenters. The Morgan fingerprint density at radius 1 is 1.15 bits per heavy atom. The van der Waals surface area contributed by atoms with Crippen LogP contribution < -0.4 is 10.1 Å². The third-order valence-corrected chi connectivity index (χ3v) is 4.33. The monoisotopic (exact) mass is 413 g/mol. The lowest BCUT2D eigenvalue weighted by Crippen LogP contribution is -2.27. The molecule has 0 radical (unpaired) electrons. The van der Waals surface area contributed by atoms with E-state index >= 15 is 0 Å². The molecular formula is C20H20BrN3O2. The van der Waals surface area contributed by atoms with Crippen LogP contribution in [0.3, 0.4) is 0 Å². The van der Waals surface area contributed by atoms with Crippen molar-refractivity contribution in [3.8, 4) is 11.4 Å². The van der Waals surface area contributed by atoms with E-state index in [4.69, 9.17) is 4.74 Å². The predicted molar refractivity (Wildman–Crippen MR) is 105 cm³/mol. The largest absolute Gasteiger partial charge is 0.493 e. The highest BCUT2D eigenvalue weighted by Crippen LogP contribution is 2.17. The fourth-order valence-corrected chi connectivity index (χ4v) is 2.87. The van der Waals surface area contributed by atoms with Gasteiger partial charge >= 0.3 is 0 Å². The lowest BCUT2D eigenvalue weighted by atomic mass is 10.1. The molecule has 0 saturated carbocycles. The highest BCUT2D eigenvalue weighted by Gasteiger charge is 2.03. The summed E-state index contributed by atoms with van der Waals surface area (Å²) in [6.45, 7) is 0.970. The van der Waals surface area contributed by atoms with Crippen molar-refractivity contribution in [2.24, 2.45) is 0 Å². The molecule has 0 saturated heterocycles. The molecule has 0 fully saturated rings. The van der Waals surface area contributed by atoms with Crippen molar-refractivity contribution in [3.63, 3.8) is 0 Å². The number of hydrogen-bond acceptors (Lipinski definition) is 3. The molecule has 26 heavy (non-hydrogen) atoms. The first-order chi connectivity index (χ1) is 12.7. The molecule has 134 valence electrons. The van der Waals surface area contributed by atoms with Gasteiger partial charge in [-0.1, -0.05) is 34.1 Å². The topological polar surface area (TPSA) is 56.1 Å². The van der Waals surface area contributed by atoms with E-state index in [0.717, 1.165) is 22.3 Å². The van der Waals surface area contributed by atoms with E-state index in [1.54, 1.807) is 6.20 Å². The van der Waals surface area contributed by atoms with Crippen LogP contribution in [0.15, 0.2) is 71.5 Å². The number of carbonyl (C=O) groups excluding carboxylic acids is 1. The molecule has 1 heterocycles. The van der Waals surface area contributed by atoms with Crippen LogP contribution in [0.25, 0.3) is 5.69 Å². The van der Waals surface area contributed by atoms with Gasteiger partial charge in [0.2, 0.25) is 5.91 Å². The van der Waals surface area contributed by atoms with Gasteiger partial charge in [0.1, 0.15) is 5.75 Å². The van der Waals surface area contributed by atoms with Gasteiger partial charge in [-0.3, -0.25) is 4.79 Å². The van der Waals surface area contributed by atoms with Crippen LogP contribution in [0.4, 0.5) is 0 Å². The third kappa shape index (κ3) is 5.46. The van der Waals surface area contributed by atoms with Gasteiger partial charge in [-0.25, -0.2) is 4.68 Å². The lowest BCUT2D eigenvalue weighted by molar-refractivity contribution is -0.121. The smallest absolute Gasteiger partial charge is 0.223 e. The standard InChI is InChI=1S/C20H20BrN3O2/c21-17-3-1-4-19(15-17)26-14-10-20(25)22-12-9-16-5-7-18(8-6-16)24-13-2-11-23-24/h1-8,11,13,15H,9-10,12,14H2,(H,22,25). The van der Waals surface area contributed by atoms with Crippen LogP contribution in [0.1, 0.15) is 12.0 Å². The molecule has 1 N–H and O–H groups in total. The molecule has 0 atom stereocenters. The predicted octanol–water partition coefficient (Wildman–Crippen LogP) is 3.76. The summed E-state index contributed by atoms with van der Waals surface area (Å²) in [6.07, 6.45) is 4.79. The van der Waals surface area contributed by atoms with Crippen LogP contribution in [0.5, 0.6) is 5.75 Å². The highest BCUT2D eigenvalue weighted by molar-refractivity contribution is 9.10. The molecule has 0 aliphatic carbocycles. The average molecular weight is 414 g/mol. The Morgan fingerprint density at radius 3 is 2.73 bits per heavy atom. The summed E-state index contributed by atoms with van der Waals surface area (Å²) in [7, 11) is 0. The first-order valence-corrected chi connectivity index (χ1v) is 9.24. The summed E-state index contributed by atoms with van der Waals surface area (Å²) in [4.78, 5) is 11.9. The number of carbonyl (C=O) groups is 1. The molecule has 0 spiro atoms. The number of benzene rings is 2. The van der Waals surface area contributed by atoms with Crippen molar-refractivity contribution in [1.29, 1.82) is 0 Å². The molecule has 2 aromatic carbocycles. The van der Waals surface area contributed by atoms with Crippen LogP contribution in [0.2, 0.25) is 0 Å². The van der Waals surface area contributed by atoms with Crippen molar-refractivity contribution in [2.75, 3.05) is 13.2 Å². The van der Waals surface area contributed by atoms with Gasteiger partial charge in [-0.2, -0.15) is 5.10 Å². The number of nitrogens with zero attached hydrogens (tertiary/aromatic N) is 2. The second kappa shape index (κ2) is 9.20. The summed E-state index contributed by atoms with van der Waals surface area (Å²) in [6, 6.07) is 17.6. The molecule has 3 rings (SSSR count). The van der Waals surface area contributed by atoms with Gasteiger partial charge in [-0.15, -0.1) is 0 Å². The summed E-state index contributed by atoms with van der Waals surface area (Å²) < 4.78 is 8.34. The van der Waals surface area contributed by atoms with E-state index in [1.807, 2.05) is 53.3 Å². The molecule has 0 aliphatic heterocycles. The summed E-state index contributed by atoms with van der Waals surface area (Å²) >= 11 is 3.39. The molecule has 6 heteroatoms. The molecule has 0 aliphatic rings. The highest BCUT2D eigenvalue weighted by atomic mass is 79.9. The van der Waals surface area contributed by atoms with Crippen LogP contribution in [-0.2, 0) is 11.2 Å². The summed E-state index contributed by atoms with van der Waals surface area (Å²) in [5, 5.41) is 7.13. The number of rotatable bonds is 8. The number of ether oxygens (including phenoxy) is 1.